The highest BCUT2D eigenvalue weighted by Gasteiger charge is 2.23. The van der Waals surface area contributed by atoms with Gasteiger partial charge in [0, 0.05) is 19.3 Å². The molecule has 20 heavy (non-hydrogen) atoms. The molecule has 1 aromatic heterocycles. The van der Waals surface area contributed by atoms with E-state index in [9.17, 15) is 5.11 Å². The summed E-state index contributed by atoms with van der Waals surface area (Å²) in [5.74, 6) is 1.66. The average molecular weight is 276 g/mol. The van der Waals surface area contributed by atoms with Gasteiger partial charge in [-0.05, 0) is 38.2 Å². The van der Waals surface area contributed by atoms with Crippen molar-refractivity contribution in [3.8, 4) is 0 Å². The third kappa shape index (κ3) is 3.20. The molecule has 2 heterocycles. The Hall–Kier alpha value is -1.36. The van der Waals surface area contributed by atoms with E-state index in [0.717, 1.165) is 44.1 Å². The first kappa shape index (κ1) is 13.6. The number of aromatic nitrogens is 2. The van der Waals surface area contributed by atoms with Gasteiger partial charge in [-0.15, -0.1) is 0 Å². The Morgan fingerprint density at radius 3 is 2.70 bits per heavy atom. The molecule has 2 N–H and O–H groups in total. The first-order chi connectivity index (χ1) is 9.83. The van der Waals surface area contributed by atoms with Crippen molar-refractivity contribution >= 4 is 11.8 Å². The zero-order valence-corrected chi connectivity index (χ0v) is 12.0. The van der Waals surface area contributed by atoms with E-state index in [2.05, 4.69) is 20.2 Å². The smallest absolute Gasteiger partial charge is 0.227 e. The van der Waals surface area contributed by atoms with Crippen LogP contribution in [0, 0.1) is 0 Å². The van der Waals surface area contributed by atoms with Crippen molar-refractivity contribution in [2.45, 2.75) is 57.1 Å². The summed E-state index contributed by atoms with van der Waals surface area (Å²) < 4.78 is 0. The van der Waals surface area contributed by atoms with E-state index in [-0.39, 0.29) is 12.1 Å². The van der Waals surface area contributed by atoms with Crippen LogP contribution in [0.4, 0.5) is 11.8 Å². The Balaban J connectivity index is 1.67. The van der Waals surface area contributed by atoms with Gasteiger partial charge in [-0.2, -0.15) is 4.98 Å². The van der Waals surface area contributed by atoms with Crippen molar-refractivity contribution in [1.82, 2.24) is 9.97 Å². The summed E-state index contributed by atoms with van der Waals surface area (Å²) in [6, 6.07) is 2.03. The summed E-state index contributed by atoms with van der Waals surface area (Å²) in [6.45, 7) is 2.10. The summed E-state index contributed by atoms with van der Waals surface area (Å²) in [6.07, 6.45) is 9.53. The lowest BCUT2D eigenvalue weighted by molar-refractivity contribution is 0.116. The standard InChI is InChI=1S/C15H24N4O/c20-13-7-3-2-6-12(13)17-14-8-9-16-15(18-14)19-10-4-1-5-11-19/h8-9,12-13,20H,1-7,10-11H2,(H,16,17,18)/t12-,13-/m0/s1. The van der Waals surface area contributed by atoms with Crippen molar-refractivity contribution in [1.29, 1.82) is 0 Å². The van der Waals surface area contributed by atoms with Gasteiger partial charge in [0.2, 0.25) is 5.95 Å². The number of hydrogen-bond donors (Lipinski definition) is 2. The lowest BCUT2D eigenvalue weighted by atomic mass is 9.93. The van der Waals surface area contributed by atoms with E-state index in [0.29, 0.717) is 0 Å². The number of aliphatic hydroxyl groups excluding tert-OH is 1. The largest absolute Gasteiger partial charge is 0.391 e. The SMILES string of the molecule is O[C@H]1CCCC[C@@H]1Nc1ccnc(N2CCCCC2)n1. The van der Waals surface area contributed by atoms with E-state index >= 15 is 0 Å². The third-order valence-corrected chi connectivity index (χ3v) is 4.34. The molecular formula is C15H24N4O. The number of rotatable bonds is 3. The van der Waals surface area contributed by atoms with Crippen LogP contribution in [0.2, 0.25) is 0 Å². The van der Waals surface area contributed by atoms with Gasteiger partial charge >= 0.3 is 0 Å². The van der Waals surface area contributed by atoms with E-state index in [1.165, 1.54) is 25.7 Å². The molecule has 2 atom stereocenters. The topological polar surface area (TPSA) is 61.3 Å². The van der Waals surface area contributed by atoms with Gasteiger partial charge in [0.1, 0.15) is 5.82 Å². The molecule has 1 aliphatic heterocycles. The highest BCUT2D eigenvalue weighted by atomic mass is 16.3. The molecule has 0 radical (unpaired) electrons. The molecule has 0 spiro atoms. The highest BCUT2D eigenvalue weighted by Crippen LogP contribution is 2.22. The van der Waals surface area contributed by atoms with Crippen LogP contribution in [0.5, 0.6) is 0 Å². The molecule has 0 unspecified atom stereocenters. The maximum atomic E-state index is 10.0. The quantitative estimate of drug-likeness (QED) is 0.886. The lowest BCUT2D eigenvalue weighted by Crippen LogP contribution is -2.37. The molecule has 0 amide bonds. The number of nitrogens with one attached hydrogen (secondary N) is 1. The monoisotopic (exact) mass is 276 g/mol. The number of anilines is 2. The van der Waals surface area contributed by atoms with Crippen molar-refractivity contribution < 1.29 is 5.11 Å². The fourth-order valence-corrected chi connectivity index (χ4v) is 3.14. The molecule has 110 valence electrons. The van der Waals surface area contributed by atoms with Gasteiger partial charge < -0.3 is 15.3 Å². The Morgan fingerprint density at radius 1 is 1.10 bits per heavy atom. The van der Waals surface area contributed by atoms with Crippen LogP contribution in [0.15, 0.2) is 12.3 Å². The van der Waals surface area contributed by atoms with Gasteiger partial charge in [0.05, 0.1) is 12.1 Å². The Kier molecular flexibility index (Phi) is 4.35. The zero-order valence-electron chi connectivity index (χ0n) is 12.0. The number of piperidine rings is 1. The van der Waals surface area contributed by atoms with Crippen molar-refractivity contribution in [3.63, 3.8) is 0 Å². The first-order valence-electron chi connectivity index (χ1n) is 7.85. The van der Waals surface area contributed by atoms with Crippen LogP contribution in [-0.4, -0.2) is 40.3 Å². The zero-order chi connectivity index (χ0) is 13.8. The van der Waals surface area contributed by atoms with E-state index in [1.807, 2.05) is 12.3 Å². The molecular weight excluding hydrogens is 252 g/mol. The molecule has 5 nitrogen and oxygen atoms in total. The Morgan fingerprint density at radius 2 is 1.90 bits per heavy atom. The van der Waals surface area contributed by atoms with E-state index in [4.69, 9.17) is 0 Å². The van der Waals surface area contributed by atoms with E-state index in [1.54, 1.807) is 0 Å². The number of nitrogens with zero attached hydrogens (tertiary/aromatic N) is 3. The molecule has 1 aromatic rings. The molecule has 2 aliphatic rings. The Labute approximate surface area is 120 Å². The minimum Gasteiger partial charge on any atom is -0.391 e. The summed E-state index contributed by atoms with van der Waals surface area (Å²) >= 11 is 0. The molecule has 5 heteroatoms. The molecule has 2 fully saturated rings. The van der Waals surface area contributed by atoms with Gasteiger partial charge in [0.15, 0.2) is 0 Å². The second-order valence-electron chi connectivity index (χ2n) is 5.89. The minimum absolute atomic E-state index is 0.132. The predicted molar refractivity (Wildman–Crippen MR) is 80.0 cm³/mol. The number of aliphatic hydroxyl groups is 1. The maximum absolute atomic E-state index is 10.0. The number of hydrogen-bond acceptors (Lipinski definition) is 5. The molecule has 0 aromatic carbocycles. The summed E-state index contributed by atoms with van der Waals surface area (Å²) in [5, 5.41) is 13.4. The second kappa shape index (κ2) is 6.39. The fourth-order valence-electron chi connectivity index (χ4n) is 3.14. The molecule has 3 rings (SSSR count). The maximum Gasteiger partial charge on any atom is 0.227 e. The van der Waals surface area contributed by atoms with Gasteiger partial charge in [-0.1, -0.05) is 12.8 Å². The van der Waals surface area contributed by atoms with Gasteiger partial charge in [0.25, 0.3) is 0 Å². The summed E-state index contributed by atoms with van der Waals surface area (Å²) in [7, 11) is 0. The molecule has 1 saturated carbocycles. The first-order valence-corrected chi connectivity index (χ1v) is 7.85. The van der Waals surface area contributed by atoms with Crippen molar-refractivity contribution in [3.05, 3.63) is 12.3 Å². The van der Waals surface area contributed by atoms with E-state index < -0.39 is 0 Å². The van der Waals surface area contributed by atoms with Crippen LogP contribution >= 0.6 is 0 Å². The van der Waals surface area contributed by atoms with Gasteiger partial charge in [-0.25, -0.2) is 4.98 Å². The summed E-state index contributed by atoms with van der Waals surface area (Å²) in [4.78, 5) is 11.3. The molecule has 0 bridgehead atoms. The third-order valence-electron chi connectivity index (χ3n) is 4.34. The Bertz CT molecular complexity index is 434. The normalized spacial score (nSPS) is 27.4. The van der Waals surface area contributed by atoms with Crippen LogP contribution in [0.1, 0.15) is 44.9 Å². The average Bonchev–Trinajstić information content (AvgIpc) is 2.51. The minimum atomic E-state index is -0.253. The molecule has 1 saturated heterocycles. The predicted octanol–water partition coefficient (Wildman–Crippen LogP) is 2.18. The summed E-state index contributed by atoms with van der Waals surface area (Å²) in [5.41, 5.74) is 0. The van der Waals surface area contributed by atoms with Gasteiger partial charge in [-0.3, -0.25) is 0 Å². The second-order valence-corrected chi connectivity index (χ2v) is 5.89. The van der Waals surface area contributed by atoms with Crippen LogP contribution < -0.4 is 10.2 Å². The van der Waals surface area contributed by atoms with Crippen molar-refractivity contribution in [2.24, 2.45) is 0 Å². The fraction of sp³-hybridized carbons (Fsp3) is 0.733. The lowest BCUT2D eigenvalue weighted by Gasteiger charge is -2.30. The molecule has 1 aliphatic carbocycles. The van der Waals surface area contributed by atoms with Crippen LogP contribution in [0.3, 0.4) is 0 Å². The van der Waals surface area contributed by atoms with Crippen LogP contribution in [0.25, 0.3) is 0 Å². The van der Waals surface area contributed by atoms with Crippen LogP contribution in [-0.2, 0) is 0 Å². The highest BCUT2D eigenvalue weighted by molar-refractivity contribution is 5.42. The van der Waals surface area contributed by atoms with Crippen molar-refractivity contribution in [2.75, 3.05) is 23.3 Å².